The Hall–Kier alpha value is -1.12. The standard InChI is InChI=1S/C13H16BrNO5S/c1-8(13(16)17)9-6-15(7-9)21(18,19)10-3-4-12(20-2)11(14)5-10/h3-5,8-9H,6-7H2,1-2H3,(H,16,17). The van der Waals surface area contributed by atoms with Gasteiger partial charge in [-0.1, -0.05) is 6.92 Å². The van der Waals surface area contributed by atoms with Crippen molar-refractivity contribution < 1.29 is 23.1 Å². The van der Waals surface area contributed by atoms with Gasteiger partial charge in [-0.25, -0.2) is 8.42 Å². The molecule has 1 aromatic rings. The van der Waals surface area contributed by atoms with Crippen molar-refractivity contribution in [1.29, 1.82) is 0 Å². The predicted octanol–water partition coefficient (Wildman–Crippen LogP) is 1.80. The fourth-order valence-electron chi connectivity index (χ4n) is 2.14. The zero-order valence-electron chi connectivity index (χ0n) is 11.6. The minimum absolute atomic E-state index is 0.140. The molecule has 1 aliphatic rings. The van der Waals surface area contributed by atoms with Gasteiger partial charge in [0.15, 0.2) is 0 Å². The number of nitrogens with zero attached hydrogens (tertiary/aromatic N) is 1. The number of carboxylic acids is 1. The lowest BCUT2D eigenvalue weighted by molar-refractivity contribution is -0.144. The lowest BCUT2D eigenvalue weighted by atomic mass is 9.89. The Labute approximate surface area is 131 Å². The molecule has 0 bridgehead atoms. The van der Waals surface area contributed by atoms with E-state index in [-0.39, 0.29) is 23.9 Å². The summed E-state index contributed by atoms with van der Waals surface area (Å²) < 4.78 is 31.8. The molecule has 6 nitrogen and oxygen atoms in total. The van der Waals surface area contributed by atoms with Gasteiger partial charge in [0.05, 0.1) is 22.4 Å². The van der Waals surface area contributed by atoms with Crippen LogP contribution in [0.1, 0.15) is 6.92 Å². The molecule has 8 heteroatoms. The van der Waals surface area contributed by atoms with Crippen molar-refractivity contribution in [3.05, 3.63) is 22.7 Å². The number of benzene rings is 1. The van der Waals surface area contributed by atoms with E-state index in [0.29, 0.717) is 10.2 Å². The third kappa shape index (κ3) is 3.07. The number of rotatable bonds is 5. The first kappa shape index (κ1) is 16.3. The number of carbonyl (C=O) groups is 1. The number of hydrogen-bond donors (Lipinski definition) is 1. The first-order valence-electron chi connectivity index (χ1n) is 6.34. The van der Waals surface area contributed by atoms with Crippen molar-refractivity contribution in [2.24, 2.45) is 11.8 Å². The fraction of sp³-hybridized carbons (Fsp3) is 0.462. The second-order valence-electron chi connectivity index (χ2n) is 5.01. The van der Waals surface area contributed by atoms with Crippen LogP contribution in [0, 0.1) is 11.8 Å². The number of sulfonamides is 1. The summed E-state index contributed by atoms with van der Waals surface area (Å²) in [6, 6.07) is 4.54. The molecule has 0 aromatic heterocycles. The Morgan fingerprint density at radius 2 is 2.10 bits per heavy atom. The van der Waals surface area contributed by atoms with Crippen LogP contribution in [0.2, 0.25) is 0 Å². The van der Waals surface area contributed by atoms with Crippen LogP contribution >= 0.6 is 15.9 Å². The van der Waals surface area contributed by atoms with Crippen molar-refractivity contribution in [3.8, 4) is 5.75 Å². The Bertz CT molecular complexity index is 655. The first-order valence-corrected chi connectivity index (χ1v) is 8.57. The SMILES string of the molecule is COc1ccc(S(=O)(=O)N2CC(C(C)C(=O)O)C2)cc1Br. The minimum atomic E-state index is -3.59. The average molecular weight is 378 g/mol. The van der Waals surface area contributed by atoms with Crippen molar-refractivity contribution in [3.63, 3.8) is 0 Å². The maximum Gasteiger partial charge on any atom is 0.306 e. The molecule has 0 amide bonds. The highest BCUT2D eigenvalue weighted by Crippen LogP contribution is 2.33. The van der Waals surface area contributed by atoms with Crippen molar-refractivity contribution in [2.75, 3.05) is 20.2 Å². The van der Waals surface area contributed by atoms with Crippen LogP contribution in [0.3, 0.4) is 0 Å². The summed E-state index contributed by atoms with van der Waals surface area (Å²) >= 11 is 3.26. The van der Waals surface area contributed by atoms with Crippen LogP contribution in [0.5, 0.6) is 5.75 Å². The molecule has 1 heterocycles. The summed E-state index contributed by atoms with van der Waals surface area (Å²) in [7, 11) is -2.09. The van der Waals surface area contributed by atoms with Crippen molar-refractivity contribution in [1.82, 2.24) is 4.31 Å². The van der Waals surface area contributed by atoms with Gasteiger partial charge in [0.1, 0.15) is 5.75 Å². The molecule has 1 atom stereocenters. The van der Waals surface area contributed by atoms with Gasteiger partial charge in [-0.3, -0.25) is 4.79 Å². The molecule has 0 spiro atoms. The van der Waals surface area contributed by atoms with Crippen LogP contribution in [-0.4, -0.2) is 44.0 Å². The average Bonchev–Trinajstić information content (AvgIpc) is 2.36. The lowest BCUT2D eigenvalue weighted by Gasteiger charge is -2.40. The first-order chi connectivity index (χ1) is 9.77. The number of ether oxygens (including phenoxy) is 1. The third-order valence-corrected chi connectivity index (χ3v) is 6.18. The number of hydrogen-bond acceptors (Lipinski definition) is 4. The fourth-order valence-corrected chi connectivity index (χ4v) is 4.41. The Kier molecular flexibility index (Phi) is 4.60. The van der Waals surface area contributed by atoms with Gasteiger partial charge in [0.2, 0.25) is 10.0 Å². The highest BCUT2D eigenvalue weighted by atomic mass is 79.9. The van der Waals surface area contributed by atoms with E-state index in [1.165, 1.54) is 23.5 Å². The number of methoxy groups -OCH3 is 1. The topological polar surface area (TPSA) is 83.9 Å². The van der Waals surface area contributed by atoms with E-state index < -0.39 is 21.9 Å². The van der Waals surface area contributed by atoms with Gasteiger partial charge in [0.25, 0.3) is 0 Å². The van der Waals surface area contributed by atoms with Gasteiger partial charge in [-0.15, -0.1) is 0 Å². The second kappa shape index (κ2) is 5.94. The van der Waals surface area contributed by atoms with E-state index in [1.807, 2.05) is 0 Å². The second-order valence-corrected chi connectivity index (χ2v) is 7.80. The van der Waals surface area contributed by atoms with Crippen molar-refractivity contribution >= 4 is 31.9 Å². The quantitative estimate of drug-likeness (QED) is 0.845. The monoisotopic (exact) mass is 377 g/mol. The van der Waals surface area contributed by atoms with Crippen LogP contribution in [0.25, 0.3) is 0 Å². The molecule has 0 radical (unpaired) electrons. The minimum Gasteiger partial charge on any atom is -0.496 e. The Morgan fingerprint density at radius 3 is 2.57 bits per heavy atom. The van der Waals surface area contributed by atoms with E-state index in [9.17, 15) is 13.2 Å². The van der Waals surface area contributed by atoms with E-state index in [1.54, 1.807) is 13.0 Å². The Morgan fingerprint density at radius 1 is 1.48 bits per heavy atom. The summed E-state index contributed by atoms with van der Waals surface area (Å²) in [4.78, 5) is 11.1. The van der Waals surface area contributed by atoms with Crippen LogP contribution < -0.4 is 4.74 Å². The molecule has 1 aliphatic heterocycles. The zero-order chi connectivity index (χ0) is 15.8. The van der Waals surface area contributed by atoms with E-state index >= 15 is 0 Å². The molecule has 0 saturated carbocycles. The molecular formula is C13H16BrNO5S. The number of aliphatic carboxylic acids is 1. The smallest absolute Gasteiger partial charge is 0.306 e. The summed E-state index contributed by atoms with van der Waals surface area (Å²) in [6.45, 7) is 2.07. The highest BCUT2D eigenvalue weighted by Gasteiger charge is 2.41. The highest BCUT2D eigenvalue weighted by molar-refractivity contribution is 9.10. The third-order valence-electron chi connectivity index (χ3n) is 3.73. The van der Waals surface area contributed by atoms with Crippen LogP contribution in [0.4, 0.5) is 0 Å². The zero-order valence-corrected chi connectivity index (χ0v) is 14.0. The molecule has 1 N–H and O–H groups in total. The van der Waals surface area contributed by atoms with E-state index in [2.05, 4.69) is 15.9 Å². The van der Waals surface area contributed by atoms with Crippen LogP contribution in [0.15, 0.2) is 27.6 Å². The summed E-state index contributed by atoms with van der Waals surface area (Å²) in [5, 5.41) is 8.93. The maximum atomic E-state index is 12.4. The van der Waals surface area contributed by atoms with Gasteiger partial charge < -0.3 is 9.84 Å². The summed E-state index contributed by atoms with van der Waals surface area (Å²) in [5.41, 5.74) is 0. The largest absolute Gasteiger partial charge is 0.496 e. The van der Waals surface area contributed by atoms with Crippen molar-refractivity contribution in [2.45, 2.75) is 11.8 Å². The molecule has 2 rings (SSSR count). The molecule has 116 valence electrons. The molecular weight excluding hydrogens is 362 g/mol. The summed E-state index contributed by atoms with van der Waals surface area (Å²) in [5.74, 6) is -1.03. The van der Waals surface area contributed by atoms with E-state index in [0.717, 1.165) is 0 Å². The predicted molar refractivity (Wildman–Crippen MR) is 79.7 cm³/mol. The van der Waals surface area contributed by atoms with E-state index in [4.69, 9.17) is 9.84 Å². The molecule has 1 saturated heterocycles. The number of carboxylic acid groups (broad SMARTS) is 1. The summed E-state index contributed by atoms with van der Waals surface area (Å²) in [6.07, 6.45) is 0. The van der Waals surface area contributed by atoms with Gasteiger partial charge >= 0.3 is 5.97 Å². The molecule has 1 unspecified atom stereocenters. The van der Waals surface area contributed by atoms with Gasteiger partial charge in [-0.2, -0.15) is 4.31 Å². The maximum absolute atomic E-state index is 12.4. The van der Waals surface area contributed by atoms with Gasteiger partial charge in [-0.05, 0) is 40.0 Å². The lowest BCUT2D eigenvalue weighted by Crippen LogP contribution is -2.53. The molecule has 0 aliphatic carbocycles. The molecule has 1 aromatic carbocycles. The molecule has 21 heavy (non-hydrogen) atoms. The van der Waals surface area contributed by atoms with Gasteiger partial charge in [0, 0.05) is 13.1 Å². The molecule has 1 fully saturated rings. The Balaban J connectivity index is 2.14. The normalized spacial score (nSPS) is 18.0. The number of halogens is 1. The van der Waals surface area contributed by atoms with Crippen LogP contribution in [-0.2, 0) is 14.8 Å².